The Morgan fingerprint density at radius 2 is 1.69 bits per heavy atom. The number of carbonyl (C=O) groups excluding carboxylic acids is 1. The van der Waals surface area contributed by atoms with E-state index in [-0.39, 0.29) is 24.4 Å². The van der Waals surface area contributed by atoms with Gasteiger partial charge < -0.3 is 4.74 Å². The van der Waals surface area contributed by atoms with Crippen LogP contribution in [0.3, 0.4) is 0 Å². The lowest BCUT2D eigenvalue weighted by molar-refractivity contribution is -0.146. The van der Waals surface area contributed by atoms with E-state index < -0.39 is 0 Å². The average Bonchev–Trinajstić information content (AvgIpc) is 3.37. The predicted octanol–water partition coefficient (Wildman–Crippen LogP) is 6.24. The van der Waals surface area contributed by atoms with Crippen molar-refractivity contribution in [2.24, 2.45) is 0 Å². The van der Waals surface area contributed by atoms with Crippen LogP contribution in [0.4, 0.5) is 0 Å². The van der Waals surface area contributed by atoms with Crippen molar-refractivity contribution in [1.29, 1.82) is 0 Å². The Kier molecular flexibility index (Phi) is 7.80. The van der Waals surface area contributed by atoms with Crippen LogP contribution in [0.25, 0.3) is 0 Å². The van der Waals surface area contributed by atoms with Gasteiger partial charge in [-0.15, -0.1) is 0 Å². The van der Waals surface area contributed by atoms with Crippen molar-refractivity contribution >= 4 is 5.97 Å². The molecule has 0 saturated heterocycles. The maximum absolute atomic E-state index is 12.6. The number of rotatable bonds is 7. The second-order valence-electron chi connectivity index (χ2n) is 8.75. The number of hydrogen-bond donors (Lipinski definition) is 0. The van der Waals surface area contributed by atoms with E-state index in [0.29, 0.717) is 6.42 Å². The van der Waals surface area contributed by atoms with Gasteiger partial charge in [0.1, 0.15) is 12.9 Å². The van der Waals surface area contributed by atoms with Gasteiger partial charge in [0.05, 0.1) is 11.6 Å². The van der Waals surface area contributed by atoms with Gasteiger partial charge in [-0.05, 0) is 41.7 Å². The van der Waals surface area contributed by atoms with E-state index in [4.69, 9.17) is 4.74 Å². The van der Waals surface area contributed by atoms with Gasteiger partial charge >= 0.3 is 5.97 Å². The molecule has 4 rings (SSSR count). The van der Waals surface area contributed by atoms with E-state index in [0.717, 1.165) is 27.9 Å². The number of hydrogen-bond acceptors (Lipinski definition) is 3. The van der Waals surface area contributed by atoms with E-state index in [1.165, 1.54) is 5.56 Å². The molecule has 0 aliphatic carbocycles. The summed E-state index contributed by atoms with van der Waals surface area (Å²) >= 11 is 0. The van der Waals surface area contributed by atoms with Crippen LogP contribution in [-0.2, 0) is 22.6 Å². The Morgan fingerprint density at radius 1 is 0.971 bits per heavy atom. The number of esters is 1. The third-order valence-electron chi connectivity index (χ3n) is 6.37. The molecule has 1 unspecified atom stereocenters. The first-order chi connectivity index (χ1) is 17.0. The second kappa shape index (κ2) is 11.4. The molecular formula is C31H30N2O2. The summed E-state index contributed by atoms with van der Waals surface area (Å²) in [5, 5.41) is 0. The Bertz CT molecular complexity index is 1330. The first-order valence-corrected chi connectivity index (χ1v) is 11.9. The van der Waals surface area contributed by atoms with Crippen molar-refractivity contribution < 1.29 is 9.53 Å². The van der Waals surface area contributed by atoms with Crippen LogP contribution in [0, 0.1) is 18.9 Å². The number of imidazole rings is 1. The monoisotopic (exact) mass is 462 g/mol. The minimum Gasteiger partial charge on any atom is -0.460 e. The zero-order valence-electron chi connectivity index (χ0n) is 20.4. The van der Waals surface area contributed by atoms with Crippen LogP contribution >= 0.6 is 0 Å². The molecule has 0 aliphatic heterocycles. The maximum atomic E-state index is 12.6. The Hall–Kier alpha value is -4.10. The Balaban J connectivity index is 1.41. The van der Waals surface area contributed by atoms with Crippen molar-refractivity contribution in [3.05, 3.63) is 125 Å². The smallest absolute Gasteiger partial charge is 0.313 e. The van der Waals surface area contributed by atoms with E-state index >= 15 is 0 Å². The molecule has 35 heavy (non-hydrogen) atoms. The molecule has 4 heteroatoms. The van der Waals surface area contributed by atoms with E-state index in [1.54, 1.807) is 6.33 Å². The van der Waals surface area contributed by atoms with E-state index in [1.807, 2.05) is 78.4 Å². The number of carbonyl (C=O) groups is 1. The van der Waals surface area contributed by atoms with Crippen LogP contribution in [0.1, 0.15) is 59.2 Å². The highest BCUT2D eigenvalue weighted by molar-refractivity contribution is 5.77. The fraction of sp³-hybridized carbons (Fsp3) is 0.226. The van der Waals surface area contributed by atoms with E-state index in [9.17, 15) is 4.79 Å². The zero-order chi connectivity index (χ0) is 24.6. The summed E-state index contributed by atoms with van der Waals surface area (Å²) in [5.74, 6) is 2.77. The zero-order valence-corrected chi connectivity index (χ0v) is 20.4. The van der Waals surface area contributed by atoms with Crippen LogP contribution in [0.2, 0.25) is 0 Å². The summed E-state index contributed by atoms with van der Waals surface area (Å²) in [6.45, 7) is 6.34. The standard InChI is InChI=1S/C31H30N2O2/c1-23-28(21-35-31(34)24(2)27-15-8-5-9-16-27)17-10-18-29(23)25(3)30-20-33(22-32-30)19-11-14-26-12-6-4-7-13-26/h4-10,12-13,15-18,20,22,24-25H,14,21H2,1-3H3/t24?,25-/m0/s1. The van der Waals surface area contributed by atoms with Gasteiger partial charge in [-0.2, -0.15) is 0 Å². The molecule has 1 heterocycles. The second-order valence-corrected chi connectivity index (χ2v) is 8.75. The van der Waals surface area contributed by atoms with Gasteiger partial charge in [0.2, 0.25) is 0 Å². The molecule has 3 aromatic carbocycles. The van der Waals surface area contributed by atoms with E-state index in [2.05, 4.69) is 49.0 Å². The van der Waals surface area contributed by atoms with Gasteiger partial charge in [0.15, 0.2) is 0 Å². The summed E-state index contributed by atoms with van der Waals surface area (Å²) in [4.78, 5) is 17.2. The summed E-state index contributed by atoms with van der Waals surface area (Å²) in [6.07, 6.45) is 4.44. The van der Waals surface area contributed by atoms with Crippen molar-refractivity contribution in [3.8, 4) is 12.0 Å². The van der Waals surface area contributed by atoms with Crippen molar-refractivity contribution in [3.63, 3.8) is 0 Å². The number of nitrogens with zero attached hydrogens (tertiary/aromatic N) is 2. The molecule has 2 atom stereocenters. The summed E-state index contributed by atoms with van der Waals surface area (Å²) in [7, 11) is 0. The third-order valence-corrected chi connectivity index (χ3v) is 6.37. The Labute approximate surface area is 207 Å². The average molecular weight is 463 g/mol. The minimum absolute atomic E-state index is 0.0890. The number of aromatic nitrogens is 2. The topological polar surface area (TPSA) is 44.1 Å². The van der Waals surface area contributed by atoms with Gasteiger partial charge in [0.25, 0.3) is 0 Å². The predicted molar refractivity (Wildman–Crippen MR) is 139 cm³/mol. The third kappa shape index (κ3) is 6.07. The molecular weight excluding hydrogens is 432 g/mol. The lowest BCUT2D eigenvalue weighted by atomic mass is 9.91. The molecule has 0 fully saturated rings. The molecule has 0 saturated carbocycles. The lowest BCUT2D eigenvalue weighted by Crippen LogP contribution is -2.14. The van der Waals surface area contributed by atoms with Crippen molar-refractivity contribution in [2.45, 2.75) is 45.6 Å². The highest BCUT2D eigenvalue weighted by Crippen LogP contribution is 2.28. The first-order valence-electron chi connectivity index (χ1n) is 11.9. The van der Waals surface area contributed by atoms with Crippen LogP contribution in [-0.4, -0.2) is 15.5 Å². The van der Waals surface area contributed by atoms with Gasteiger partial charge in [-0.3, -0.25) is 9.36 Å². The van der Waals surface area contributed by atoms with Gasteiger partial charge in [-0.1, -0.05) is 91.7 Å². The summed E-state index contributed by atoms with van der Waals surface area (Å²) in [5.41, 5.74) is 6.39. The van der Waals surface area contributed by atoms with Crippen molar-refractivity contribution in [2.75, 3.05) is 0 Å². The number of ether oxygens (including phenoxy) is 1. The fourth-order valence-corrected chi connectivity index (χ4v) is 4.09. The van der Waals surface area contributed by atoms with Gasteiger partial charge in [-0.25, -0.2) is 4.98 Å². The maximum Gasteiger partial charge on any atom is 0.313 e. The fourth-order valence-electron chi connectivity index (χ4n) is 4.09. The minimum atomic E-state index is -0.300. The highest BCUT2D eigenvalue weighted by atomic mass is 16.5. The number of benzene rings is 3. The molecule has 0 N–H and O–H groups in total. The van der Waals surface area contributed by atoms with Gasteiger partial charge in [0, 0.05) is 24.6 Å². The molecule has 176 valence electrons. The normalized spacial score (nSPS) is 12.3. The van der Waals surface area contributed by atoms with Crippen LogP contribution < -0.4 is 0 Å². The molecule has 0 amide bonds. The van der Waals surface area contributed by atoms with Crippen LogP contribution in [0.15, 0.2) is 91.4 Å². The van der Waals surface area contributed by atoms with Crippen LogP contribution in [0.5, 0.6) is 0 Å². The summed E-state index contributed by atoms with van der Waals surface area (Å²) in [6, 6.07) is 29.2. The Morgan fingerprint density at radius 3 is 2.43 bits per heavy atom. The highest BCUT2D eigenvalue weighted by Gasteiger charge is 2.19. The summed E-state index contributed by atoms with van der Waals surface area (Å²) < 4.78 is 7.49. The molecule has 0 bridgehead atoms. The molecule has 4 nitrogen and oxygen atoms in total. The molecule has 0 aliphatic rings. The largest absolute Gasteiger partial charge is 0.460 e. The molecule has 0 radical (unpaired) electrons. The van der Waals surface area contributed by atoms with Crippen molar-refractivity contribution in [1.82, 2.24) is 9.55 Å². The quantitative estimate of drug-likeness (QED) is 0.241. The molecule has 0 spiro atoms. The molecule has 4 aromatic rings. The molecule has 1 aromatic heterocycles. The lowest BCUT2D eigenvalue weighted by Gasteiger charge is -2.17. The first kappa shape index (κ1) is 24.0. The SMILES string of the molecule is Cc1c(COC(=O)C(C)c2ccccc2)cccc1[C@H](C)c1cn(C#CCc2ccccc2)cn1.